The molecule has 1 saturated carbocycles. The van der Waals surface area contributed by atoms with Crippen molar-refractivity contribution in [3.63, 3.8) is 0 Å². The molecule has 3 N–H and O–H groups in total. The molecule has 2 rings (SSSR count). The minimum atomic E-state index is -0.106. The van der Waals surface area contributed by atoms with E-state index in [1.807, 2.05) is 0 Å². The Morgan fingerprint density at radius 3 is 2.62 bits per heavy atom. The fourth-order valence-corrected chi connectivity index (χ4v) is 2.41. The molecular formula is C10H18N2O. The van der Waals surface area contributed by atoms with Crippen molar-refractivity contribution in [2.24, 2.45) is 17.6 Å². The first-order valence-corrected chi connectivity index (χ1v) is 5.30. The topological polar surface area (TPSA) is 55.1 Å². The van der Waals surface area contributed by atoms with Crippen molar-refractivity contribution in [2.45, 2.75) is 38.1 Å². The van der Waals surface area contributed by atoms with E-state index >= 15 is 0 Å². The number of hydrogen-bond donors (Lipinski definition) is 2. The zero-order chi connectivity index (χ0) is 9.26. The Morgan fingerprint density at radius 1 is 1.31 bits per heavy atom. The van der Waals surface area contributed by atoms with Gasteiger partial charge in [-0.2, -0.15) is 0 Å². The van der Waals surface area contributed by atoms with Gasteiger partial charge in [0.25, 0.3) is 0 Å². The largest absolute Gasteiger partial charge is 0.369 e. The third-order valence-electron chi connectivity index (χ3n) is 3.56. The van der Waals surface area contributed by atoms with Crippen LogP contribution in [0.2, 0.25) is 0 Å². The Kier molecular flexibility index (Phi) is 2.54. The van der Waals surface area contributed by atoms with E-state index in [0.717, 1.165) is 25.3 Å². The van der Waals surface area contributed by atoms with Crippen molar-refractivity contribution < 1.29 is 4.79 Å². The van der Waals surface area contributed by atoms with Crippen molar-refractivity contribution in [2.75, 3.05) is 6.54 Å². The summed E-state index contributed by atoms with van der Waals surface area (Å²) in [5.41, 5.74) is 5.32. The normalized spacial score (nSPS) is 35.4. The molecule has 0 aromatic rings. The van der Waals surface area contributed by atoms with Gasteiger partial charge in [-0.05, 0) is 38.1 Å². The predicted molar refractivity (Wildman–Crippen MR) is 51.1 cm³/mol. The second-order valence-corrected chi connectivity index (χ2v) is 4.38. The lowest BCUT2D eigenvalue weighted by atomic mass is 9.75. The zero-order valence-corrected chi connectivity index (χ0v) is 7.96. The van der Waals surface area contributed by atoms with Gasteiger partial charge in [-0.1, -0.05) is 6.42 Å². The Bertz CT molecular complexity index is 201. The quantitative estimate of drug-likeness (QED) is 0.658. The Morgan fingerprint density at radius 2 is 2.08 bits per heavy atom. The molecule has 1 aliphatic carbocycles. The summed E-state index contributed by atoms with van der Waals surface area (Å²) in [5.74, 6) is 0.847. The van der Waals surface area contributed by atoms with Gasteiger partial charge in [0.05, 0.1) is 0 Å². The first-order chi connectivity index (χ1) is 6.27. The summed E-state index contributed by atoms with van der Waals surface area (Å²) in [6.07, 6.45) is 5.94. The van der Waals surface area contributed by atoms with Crippen LogP contribution in [0.15, 0.2) is 0 Å². The van der Waals surface area contributed by atoms with Gasteiger partial charge in [0, 0.05) is 12.0 Å². The van der Waals surface area contributed by atoms with Crippen molar-refractivity contribution >= 4 is 5.91 Å². The highest BCUT2D eigenvalue weighted by atomic mass is 16.1. The van der Waals surface area contributed by atoms with Crippen LogP contribution in [-0.4, -0.2) is 18.5 Å². The van der Waals surface area contributed by atoms with E-state index in [1.54, 1.807) is 0 Å². The predicted octanol–water partition coefficient (Wildman–Crippen LogP) is 0.640. The second-order valence-electron chi connectivity index (χ2n) is 4.38. The van der Waals surface area contributed by atoms with E-state index in [9.17, 15) is 4.79 Å². The fourth-order valence-electron chi connectivity index (χ4n) is 2.41. The van der Waals surface area contributed by atoms with Crippen LogP contribution in [0.25, 0.3) is 0 Å². The van der Waals surface area contributed by atoms with Gasteiger partial charge in [0.2, 0.25) is 5.91 Å². The van der Waals surface area contributed by atoms with Crippen LogP contribution < -0.4 is 11.1 Å². The molecule has 1 saturated heterocycles. The summed E-state index contributed by atoms with van der Waals surface area (Å²) in [4.78, 5) is 11.0. The van der Waals surface area contributed by atoms with Crippen molar-refractivity contribution in [1.82, 2.24) is 5.32 Å². The molecule has 2 unspecified atom stereocenters. The van der Waals surface area contributed by atoms with E-state index in [2.05, 4.69) is 5.32 Å². The van der Waals surface area contributed by atoms with Crippen LogP contribution in [0, 0.1) is 11.8 Å². The summed E-state index contributed by atoms with van der Waals surface area (Å²) < 4.78 is 0. The summed E-state index contributed by atoms with van der Waals surface area (Å²) >= 11 is 0. The molecule has 74 valence electrons. The zero-order valence-electron chi connectivity index (χ0n) is 7.96. The SMILES string of the molecule is NC(=O)C1CCNC(C2CCC2)C1. The highest BCUT2D eigenvalue weighted by Crippen LogP contribution is 2.34. The number of carbonyl (C=O) groups excluding carboxylic acids is 1. The maximum Gasteiger partial charge on any atom is 0.220 e. The van der Waals surface area contributed by atoms with Crippen molar-refractivity contribution in [1.29, 1.82) is 0 Å². The first kappa shape index (κ1) is 9.00. The lowest BCUT2D eigenvalue weighted by molar-refractivity contribution is -0.123. The molecule has 13 heavy (non-hydrogen) atoms. The van der Waals surface area contributed by atoms with Crippen LogP contribution >= 0.6 is 0 Å². The van der Waals surface area contributed by atoms with Gasteiger partial charge in [-0.25, -0.2) is 0 Å². The van der Waals surface area contributed by atoms with Crippen LogP contribution in [0.1, 0.15) is 32.1 Å². The number of piperidine rings is 1. The molecule has 2 aliphatic rings. The summed E-state index contributed by atoms with van der Waals surface area (Å²) in [5, 5.41) is 3.50. The third-order valence-corrected chi connectivity index (χ3v) is 3.56. The van der Waals surface area contributed by atoms with Crippen molar-refractivity contribution in [3.05, 3.63) is 0 Å². The Labute approximate surface area is 79.1 Å². The van der Waals surface area contributed by atoms with Crippen LogP contribution in [-0.2, 0) is 4.79 Å². The molecule has 0 bridgehead atoms. The highest BCUT2D eigenvalue weighted by Gasteiger charge is 2.33. The van der Waals surface area contributed by atoms with E-state index in [1.165, 1.54) is 19.3 Å². The molecule has 0 aromatic heterocycles. The van der Waals surface area contributed by atoms with Crippen LogP contribution in [0.3, 0.4) is 0 Å². The second kappa shape index (κ2) is 3.66. The molecular weight excluding hydrogens is 164 g/mol. The molecule has 0 spiro atoms. The molecule has 1 aliphatic heterocycles. The highest BCUT2D eigenvalue weighted by molar-refractivity contribution is 5.76. The minimum Gasteiger partial charge on any atom is -0.369 e. The number of nitrogens with two attached hydrogens (primary N) is 1. The number of nitrogens with one attached hydrogen (secondary N) is 1. The van der Waals surface area contributed by atoms with Crippen LogP contribution in [0.5, 0.6) is 0 Å². The van der Waals surface area contributed by atoms with Crippen LogP contribution in [0.4, 0.5) is 0 Å². The molecule has 1 amide bonds. The van der Waals surface area contributed by atoms with Gasteiger partial charge < -0.3 is 11.1 Å². The van der Waals surface area contributed by atoms with Gasteiger partial charge in [-0.15, -0.1) is 0 Å². The molecule has 0 aromatic carbocycles. The maximum atomic E-state index is 11.0. The van der Waals surface area contributed by atoms with E-state index < -0.39 is 0 Å². The summed E-state index contributed by atoms with van der Waals surface area (Å²) in [6.45, 7) is 0.967. The van der Waals surface area contributed by atoms with Gasteiger partial charge in [0.15, 0.2) is 0 Å². The molecule has 1 heterocycles. The average Bonchev–Trinajstić information content (AvgIpc) is 2.01. The third kappa shape index (κ3) is 1.85. The van der Waals surface area contributed by atoms with Crippen molar-refractivity contribution in [3.8, 4) is 0 Å². The maximum absolute atomic E-state index is 11.0. The molecule has 3 heteroatoms. The fraction of sp³-hybridized carbons (Fsp3) is 0.900. The van der Waals surface area contributed by atoms with Gasteiger partial charge >= 0.3 is 0 Å². The smallest absolute Gasteiger partial charge is 0.220 e. The lowest BCUT2D eigenvalue weighted by Crippen LogP contribution is -2.47. The van der Waals surface area contributed by atoms with E-state index in [-0.39, 0.29) is 11.8 Å². The minimum absolute atomic E-state index is 0.106. The Hall–Kier alpha value is -0.570. The van der Waals surface area contributed by atoms with E-state index in [4.69, 9.17) is 5.73 Å². The molecule has 3 nitrogen and oxygen atoms in total. The monoisotopic (exact) mass is 182 g/mol. The molecule has 2 atom stereocenters. The molecule has 0 radical (unpaired) electrons. The number of carbonyl (C=O) groups is 1. The van der Waals surface area contributed by atoms with Gasteiger partial charge in [0.1, 0.15) is 0 Å². The number of hydrogen-bond acceptors (Lipinski definition) is 2. The standard InChI is InChI=1S/C10H18N2O/c11-10(13)8-4-5-12-9(6-8)7-2-1-3-7/h7-9,12H,1-6H2,(H2,11,13). The van der Waals surface area contributed by atoms with E-state index in [0.29, 0.717) is 6.04 Å². The average molecular weight is 182 g/mol. The number of primary amides is 1. The summed E-state index contributed by atoms with van der Waals surface area (Å²) in [6, 6.07) is 0.569. The lowest BCUT2D eigenvalue weighted by Gasteiger charge is -2.39. The molecule has 2 fully saturated rings. The number of rotatable bonds is 2. The number of amides is 1. The van der Waals surface area contributed by atoms with Gasteiger partial charge in [-0.3, -0.25) is 4.79 Å². The first-order valence-electron chi connectivity index (χ1n) is 5.30. The Balaban J connectivity index is 1.87. The summed E-state index contributed by atoms with van der Waals surface area (Å²) in [7, 11) is 0.